The Hall–Kier alpha value is -1.78. The number of amidine groups is 1. The molecule has 0 radical (unpaired) electrons. The van der Waals surface area contributed by atoms with Crippen molar-refractivity contribution in [1.29, 1.82) is 0 Å². The second-order valence-electron chi connectivity index (χ2n) is 3.93. The minimum Gasteiger partial charge on any atom is -0.490 e. The Morgan fingerprint density at radius 1 is 1.50 bits per heavy atom. The van der Waals surface area contributed by atoms with Crippen LogP contribution in [-0.4, -0.2) is 22.1 Å². The van der Waals surface area contributed by atoms with Crippen molar-refractivity contribution in [1.82, 2.24) is 4.98 Å². The van der Waals surface area contributed by atoms with Crippen LogP contribution in [0.3, 0.4) is 0 Å². The number of pyridine rings is 1. The average molecular weight is 223 g/mol. The summed E-state index contributed by atoms with van der Waals surface area (Å²) in [5, 5.41) is 11.4. The first-order chi connectivity index (χ1) is 7.54. The first-order valence-corrected chi connectivity index (χ1v) is 5.15. The molecule has 16 heavy (non-hydrogen) atoms. The number of aromatic nitrogens is 1. The first-order valence-electron chi connectivity index (χ1n) is 5.15. The highest BCUT2D eigenvalue weighted by atomic mass is 16.5. The minimum atomic E-state index is -0.0253. The van der Waals surface area contributed by atoms with Gasteiger partial charge in [-0.3, -0.25) is 4.98 Å². The highest BCUT2D eigenvalue weighted by molar-refractivity contribution is 5.95. The van der Waals surface area contributed by atoms with Crippen LogP contribution >= 0.6 is 0 Å². The third kappa shape index (κ3) is 3.12. The maximum Gasteiger partial charge on any atom is 0.188 e. The maximum atomic E-state index is 8.53. The van der Waals surface area contributed by atoms with Crippen molar-refractivity contribution in [2.75, 3.05) is 0 Å². The third-order valence-corrected chi connectivity index (χ3v) is 2.36. The summed E-state index contributed by atoms with van der Waals surface area (Å²) in [5.74, 6) is 1.06. The van der Waals surface area contributed by atoms with Gasteiger partial charge in [-0.05, 0) is 18.9 Å². The van der Waals surface area contributed by atoms with Gasteiger partial charge in [-0.1, -0.05) is 19.0 Å². The molecule has 0 amide bonds. The van der Waals surface area contributed by atoms with Gasteiger partial charge >= 0.3 is 0 Å². The molecule has 0 fully saturated rings. The largest absolute Gasteiger partial charge is 0.490 e. The number of nitrogens with zero attached hydrogens (tertiary/aromatic N) is 2. The van der Waals surface area contributed by atoms with Gasteiger partial charge in [-0.15, -0.1) is 0 Å². The number of rotatable bonds is 4. The van der Waals surface area contributed by atoms with Gasteiger partial charge in [0.05, 0.1) is 6.10 Å². The monoisotopic (exact) mass is 223 g/mol. The molecule has 1 unspecified atom stereocenters. The van der Waals surface area contributed by atoms with Crippen molar-refractivity contribution in [3.8, 4) is 5.75 Å². The van der Waals surface area contributed by atoms with Gasteiger partial charge in [0.15, 0.2) is 5.84 Å². The smallest absolute Gasteiger partial charge is 0.188 e. The van der Waals surface area contributed by atoms with E-state index < -0.39 is 0 Å². The summed E-state index contributed by atoms with van der Waals surface area (Å²) < 4.78 is 5.68. The standard InChI is InChI=1S/C11H17N3O2/c1-7(2)8(3)16-9-4-5-13-10(6-9)11(12)14-15/h4-8,15H,1-3H3,(H2,12,14). The predicted octanol–water partition coefficient (Wildman–Crippen LogP) is 1.60. The number of hydrogen-bond donors (Lipinski definition) is 2. The second kappa shape index (κ2) is 5.34. The number of hydrogen-bond acceptors (Lipinski definition) is 4. The third-order valence-electron chi connectivity index (χ3n) is 2.36. The van der Waals surface area contributed by atoms with Gasteiger partial charge in [0, 0.05) is 12.3 Å². The first kappa shape index (κ1) is 12.3. The Bertz CT molecular complexity index is 377. The molecule has 0 saturated carbocycles. The molecule has 0 aliphatic carbocycles. The molecule has 0 aliphatic rings. The molecule has 0 aromatic carbocycles. The molecule has 0 bridgehead atoms. The maximum absolute atomic E-state index is 8.53. The molecular weight excluding hydrogens is 206 g/mol. The van der Waals surface area contributed by atoms with Crippen molar-refractivity contribution >= 4 is 5.84 Å². The van der Waals surface area contributed by atoms with Crippen LogP contribution in [-0.2, 0) is 0 Å². The Kier molecular flexibility index (Phi) is 4.10. The molecule has 0 spiro atoms. The topological polar surface area (TPSA) is 80.7 Å². The minimum absolute atomic E-state index is 0.0253. The highest BCUT2D eigenvalue weighted by Crippen LogP contribution is 2.15. The predicted molar refractivity (Wildman–Crippen MR) is 61.7 cm³/mol. The van der Waals surface area contributed by atoms with Crippen molar-refractivity contribution < 1.29 is 9.94 Å². The van der Waals surface area contributed by atoms with Crippen LogP contribution in [0.4, 0.5) is 0 Å². The molecule has 3 N–H and O–H groups in total. The Morgan fingerprint density at radius 3 is 2.75 bits per heavy atom. The van der Waals surface area contributed by atoms with Crippen LogP contribution < -0.4 is 10.5 Å². The van der Waals surface area contributed by atoms with E-state index in [1.165, 1.54) is 0 Å². The quantitative estimate of drug-likeness (QED) is 0.351. The fourth-order valence-electron chi connectivity index (χ4n) is 1.03. The fraction of sp³-hybridized carbons (Fsp3) is 0.455. The zero-order valence-corrected chi connectivity index (χ0v) is 9.71. The number of nitrogens with two attached hydrogens (primary N) is 1. The van der Waals surface area contributed by atoms with Crippen molar-refractivity contribution in [3.05, 3.63) is 24.0 Å². The van der Waals surface area contributed by atoms with E-state index in [0.717, 1.165) is 0 Å². The molecule has 0 saturated heterocycles. The summed E-state index contributed by atoms with van der Waals surface area (Å²) in [6.07, 6.45) is 1.66. The molecule has 1 atom stereocenters. The van der Waals surface area contributed by atoms with Crippen molar-refractivity contribution in [2.24, 2.45) is 16.8 Å². The summed E-state index contributed by atoms with van der Waals surface area (Å²) in [6.45, 7) is 6.15. The lowest BCUT2D eigenvalue weighted by atomic mass is 10.1. The molecular formula is C11H17N3O2. The summed E-state index contributed by atoms with van der Waals surface area (Å²) in [5.41, 5.74) is 5.83. The van der Waals surface area contributed by atoms with E-state index in [1.54, 1.807) is 18.3 Å². The van der Waals surface area contributed by atoms with Crippen molar-refractivity contribution in [3.63, 3.8) is 0 Å². The Labute approximate surface area is 94.9 Å². The van der Waals surface area contributed by atoms with Crippen LogP contribution in [0.2, 0.25) is 0 Å². The Balaban J connectivity index is 2.83. The molecule has 1 rings (SSSR count). The van der Waals surface area contributed by atoms with Gasteiger partial charge in [0.25, 0.3) is 0 Å². The molecule has 5 nitrogen and oxygen atoms in total. The number of oxime groups is 1. The van der Waals surface area contributed by atoms with Crippen LogP contribution in [0.1, 0.15) is 26.5 Å². The van der Waals surface area contributed by atoms with Gasteiger partial charge < -0.3 is 15.7 Å². The molecule has 1 aromatic heterocycles. The van der Waals surface area contributed by atoms with E-state index in [0.29, 0.717) is 17.4 Å². The van der Waals surface area contributed by atoms with E-state index >= 15 is 0 Å². The normalized spacial score (nSPS) is 13.9. The molecule has 1 heterocycles. The van der Waals surface area contributed by atoms with E-state index in [1.807, 2.05) is 6.92 Å². The van der Waals surface area contributed by atoms with E-state index in [9.17, 15) is 0 Å². The number of ether oxygens (including phenoxy) is 1. The lowest BCUT2D eigenvalue weighted by molar-refractivity contribution is 0.170. The van der Waals surface area contributed by atoms with Gasteiger partial charge in [0.2, 0.25) is 0 Å². The average Bonchev–Trinajstić information content (AvgIpc) is 2.28. The molecule has 1 aromatic rings. The second-order valence-corrected chi connectivity index (χ2v) is 3.93. The summed E-state index contributed by atoms with van der Waals surface area (Å²) in [6, 6.07) is 3.39. The van der Waals surface area contributed by atoms with E-state index in [-0.39, 0.29) is 11.9 Å². The molecule has 5 heteroatoms. The van der Waals surface area contributed by atoms with E-state index in [2.05, 4.69) is 24.0 Å². The lowest BCUT2D eigenvalue weighted by Crippen LogP contribution is -2.19. The molecule has 0 aliphatic heterocycles. The van der Waals surface area contributed by atoms with Crippen LogP contribution in [0.15, 0.2) is 23.5 Å². The van der Waals surface area contributed by atoms with Gasteiger partial charge in [-0.2, -0.15) is 0 Å². The zero-order valence-electron chi connectivity index (χ0n) is 9.71. The fourth-order valence-corrected chi connectivity index (χ4v) is 1.03. The zero-order chi connectivity index (χ0) is 12.1. The Morgan fingerprint density at radius 2 is 2.19 bits per heavy atom. The van der Waals surface area contributed by atoms with Crippen molar-refractivity contribution in [2.45, 2.75) is 26.9 Å². The van der Waals surface area contributed by atoms with Crippen LogP contribution in [0, 0.1) is 5.92 Å². The SMILES string of the molecule is CC(C)C(C)Oc1ccnc(C(N)=NO)c1. The lowest BCUT2D eigenvalue weighted by Gasteiger charge is -2.18. The molecule has 88 valence electrons. The van der Waals surface area contributed by atoms with Gasteiger partial charge in [-0.25, -0.2) is 0 Å². The highest BCUT2D eigenvalue weighted by Gasteiger charge is 2.10. The summed E-state index contributed by atoms with van der Waals surface area (Å²) >= 11 is 0. The van der Waals surface area contributed by atoms with Crippen LogP contribution in [0.25, 0.3) is 0 Å². The van der Waals surface area contributed by atoms with Crippen LogP contribution in [0.5, 0.6) is 5.75 Å². The van der Waals surface area contributed by atoms with E-state index in [4.69, 9.17) is 15.7 Å². The summed E-state index contributed by atoms with van der Waals surface area (Å²) in [7, 11) is 0. The summed E-state index contributed by atoms with van der Waals surface area (Å²) in [4.78, 5) is 3.97. The van der Waals surface area contributed by atoms with Gasteiger partial charge in [0.1, 0.15) is 11.4 Å².